The van der Waals surface area contributed by atoms with Gasteiger partial charge in [-0.15, -0.1) is 0 Å². The molecule has 3 atom stereocenters. The zero-order valence-electron chi connectivity index (χ0n) is 16.6. The molecule has 0 saturated carbocycles. The number of hydrogen-bond donors (Lipinski definition) is 1. The summed E-state index contributed by atoms with van der Waals surface area (Å²) in [6.07, 6.45) is 2.34. The smallest absolute Gasteiger partial charge is 0.228 e. The Morgan fingerprint density at radius 3 is 2.89 bits per heavy atom. The molecule has 0 aliphatic carbocycles. The van der Waals surface area contributed by atoms with Gasteiger partial charge in [-0.1, -0.05) is 31.5 Å². The van der Waals surface area contributed by atoms with E-state index in [2.05, 4.69) is 19.2 Å². The van der Waals surface area contributed by atoms with Crippen molar-refractivity contribution in [1.29, 1.82) is 0 Å². The number of amides is 2. The summed E-state index contributed by atoms with van der Waals surface area (Å²) in [6.45, 7) is 6.86. The van der Waals surface area contributed by atoms with Crippen LogP contribution >= 0.6 is 0 Å². The number of para-hydroxylation sites is 1. The minimum absolute atomic E-state index is 0.0698. The van der Waals surface area contributed by atoms with Crippen molar-refractivity contribution in [3.8, 4) is 5.75 Å². The number of nitrogens with zero attached hydrogens (tertiary/aromatic N) is 2. The summed E-state index contributed by atoms with van der Waals surface area (Å²) in [5.41, 5.74) is 1.01. The predicted octanol–water partition coefficient (Wildman–Crippen LogP) is 2.21. The van der Waals surface area contributed by atoms with Crippen LogP contribution in [0.4, 0.5) is 0 Å². The van der Waals surface area contributed by atoms with E-state index in [1.807, 2.05) is 34.1 Å². The number of piperazine rings is 1. The van der Waals surface area contributed by atoms with Crippen LogP contribution in [0, 0.1) is 5.92 Å². The first-order valence-corrected chi connectivity index (χ1v) is 10.00. The standard InChI is InChI=1S/C21H31N3O3/c1-4-7-15(2)24-14-16(12-20(24)25)21(26)23-11-10-22-13-18(23)17-8-5-6-9-19(17)27-3/h5-6,8-9,15-16,18,22H,4,7,10-14H2,1-3H3. The molecule has 2 saturated heterocycles. The van der Waals surface area contributed by atoms with Crippen LogP contribution < -0.4 is 10.1 Å². The average molecular weight is 373 g/mol. The molecule has 0 spiro atoms. The summed E-state index contributed by atoms with van der Waals surface area (Å²) in [5, 5.41) is 3.39. The lowest BCUT2D eigenvalue weighted by molar-refractivity contribution is -0.139. The van der Waals surface area contributed by atoms with Crippen molar-refractivity contribution in [3.05, 3.63) is 29.8 Å². The van der Waals surface area contributed by atoms with Gasteiger partial charge in [-0.25, -0.2) is 0 Å². The maximum absolute atomic E-state index is 13.3. The highest BCUT2D eigenvalue weighted by Gasteiger charge is 2.40. The first-order valence-electron chi connectivity index (χ1n) is 10.00. The van der Waals surface area contributed by atoms with Crippen molar-refractivity contribution in [2.75, 3.05) is 33.3 Å². The number of ether oxygens (including phenoxy) is 1. The fraction of sp³-hybridized carbons (Fsp3) is 0.619. The van der Waals surface area contributed by atoms with Gasteiger partial charge in [0.1, 0.15) is 5.75 Å². The molecule has 1 N–H and O–H groups in total. The average Bonchev–Trinajstić information content (AvgIpc) is 3.09. The van der Waals surface area contributed by atoms with Gasteiger partial charge in [0.05, 0.1) is 19.1 Å². The molecule has 3 unspecified atom stereocenters. The van der Waals surface area contributed by atoms with Crippen LogP contribution in [0.15, 0.2) is 24.3 Å². The lowest BCUT2D eigenvalue weighted by Gasteiger charge is -2.38. The van der Waals surface area contributed by atoms with Gasteiger partial charge in [-0.2, -0.15) is 0 Å². The van der Waals surface area contributed by atoms with Gasteiger partial charge in [0.2, 0.25) is 11.8 Å². The molecule has 2 heterocycles. The van der Waals surface area contributed by atoms with Crippen LogP contribution in [-0.4, -0.2) is 60.9 Å². The summed E-state index contributed by atoms with van der Waals surface area (Å²) in [7, 11) is 1.66. The molecule has 0 bridgehead atoms. The molecule has 3 rings (SSSR count). The lowest BCUT2D eigenvalue weighted by atomic mass is 9.99. The molecule has 2 amide bonds. The first-order chi connectivity index (χ1) is 13.1. The zero-order chi connectivity index (χ0) is 19.4. The first kappa shape index (κ1) is 19.7. The number of carbonyl (C=O) groups excluding carboxylic acids is 2. The Kier molecular flexibility index (Phi) is 6.37. The third-order valence-corrected chi connectivity index (χ3v) is 5.77. The lowest BCUT2D eigenvalue weighted by Crippen LogP contribution is -2.51. The Morgan fingerprint density at radius 2 is 2.15 bits per heavy atom. The second-order valence-electron chi connectivity index (χ2n) is 7.58. The quantitative estimate of drug-likeness (QED) is 0.830. The Balaban J connectivity index is 1.77. The highest BCUT2D eigenvalue weighted by molar-refractivity contribution is 5.89. The number of nitrogens with one attached hydrogen (secondary N) is 1. The van der Waals surface area contributed by atoms with Crippen LogP contribution in [0.1, 0.15) is 44.7 Å². The summed E-state index contributed by atoms with van der Waals surface area (Å²) in [4.78, 5) is 29.6. The molecule has 1 aromatic carbocycles. The van der Waals surface area contributed by atoms with Crippen molar-refractivity contribution in [2.24, 2.45) is 5.92 Å². The van der Waals surface area contributed by atoms with Gasteiger partial charge in [-0.3, -0.25) is 9.59 Å². The largest absolute Gasteiger partial charge is 0.496 e. The molecule has 2 aliphatic heterocycles. The Bertz CT molecular complexity index is 678. The molecule has 27 heavy (non-hydrogen) atoms. The van der Waals surface area contributed by atoms with Crippen molar-refractivity contribution in [1.82, 2.24) is 15.1 Å². The van der Waals surface area contributed by atoms with Crippen molar-refractivity contribution >= 4 is 11.8 Å². The summed E-state index contributed by atoms with van der Waals surface area (Å²) >= 11 is 0. The number of methoxy groups -OCH3 is 1. The van der Waals surface area contributed by atoms with Crippen LogP contribution in [0.25, 0.3) is 0 Å². The highest BCUT2D eigenvalue weighted by atomic mass is 16.5. The number of carbonyl (C=O) groups is 2. The Hall–Kier alpha value is -2.08. The van der Waals surface area contributed by atoms with Crippen LogP contribution in [0.3, 0.4) is 0 Å². The van der Waals surface area contributed by atoms with Gasteiger partial charge in [-0.05, 0) is 19.4 Å². The van der Waals surface area contributed by atoms with E-state index < -0.39 is 0 Å². The molecule has 6 heteroatoms. The van der Waals surface area contributed by atoms with Crippen LogP contribution in [-0.2, 0) is 9.59 Å². The maximum Gasteiger partial charge on any atom is 0.228 e. The number of likely N-dealkylation sites (tertiary alicyclic amines) is 1. The second-order valence-corrected chi connectivity index (χ2v) is 7.58. The van der Waals surface area contributed by atoms with E-state index in [0.717, 1.165) is 30.7 Å². The molecule has 6 nitrogen and oxygen atoms in total. The monoisotopic (exact) mass is 373 g/mol. The molecule has 2 fully saturated rings. The SMILES string of the molecule is CCCC(C)N1CC(C(=O)N2CCNCC2c2ccccc2OC)CC1=O. The third-order valence-electron chi connectivity index (χ3n) is 5.77. The maximum atomic E-state index is 13.3. The summed E-state index contributed by atoms with van der Waals surface area (Å²) in [6, 6.07) is 8.00. The van der Waals surface area contributed by atoms with E-state index in [9.17, 15) is 9.59 Å². The minimum Gasteiger partial charge on any atom is -0.496 e. The fourth-order valence-electron chi connectivity index (χ4n) is 4.32. The van der Waals surface area contributed by atoms with E-state index in [0.29, 0.717) is 26.1 Å². The minimum atomic E-state index is -0.243. The number of rotatable bonds is 6. The van der Waals surface area contributed by atoms with Crippen molar-refractivity contribution in [2.45, 2.75) is 45.2 Å². The molecular formula is C21H31N3O3. The molecular weight excluding hydrogens is 342 g/mol. The second kappa shape index (κ2) is 8.74. The van der Waals surface area contributed by atoms with E-state index >= 15 is 0 Å². The van der Waals surface area contributed by atoms with Gasteiger partial charge >= 0.3 is 0 Å². The molecule has 0 aromatic heterocycles. The topological polar surface area (TPSA) is 61.9 Å². The van der Waals surface area contributed by atoms with Crippen LogP contribution in [0.2, 0.25) is 0 Å². The van der Waals surface area contributed by atoms with Crippen LogP contribution in [0.5, 0.6) is 5.75 Å². The van der Waals surface area contributed by atoms with E-state index in [1.54, 1.807) is 7.11 Å². The molecule has 1 aromatic rings. The number of hydrogen-bond acceptors (Lipinski definition) is 4. The van der Waals surface area contributed by atoms with Gasteiger partial charge < -0.3 is 19.9 Å². The van der Waals surface area contributed by atoms with Gasteiger partial charge in [0, 0.05) is 44.2 Å². The Labute approximate surface area is 161 Å². The predicted molar refractivity (Wildman–Crippen MR) is 105 cm³/mol. The van der Waals surface area contributed by atoms with Crippen molar-refractivity contribution < 1.29 is 14.3 Å². The molecule has 0 radical (unpaired) electrons. The summed E-state index contributed by atoms with van der Waals surface area (Å²) < 4.78 is 5.52. The highest BCUT2D eigenvalue weighted by Crippen LogP contribution is 2.33. The molecule has 2 aliphatic rings. The van der Waals surface area contributed by atoms with Gasteiger partial charge in [0.25, 0.3) is 0 Å². The van der Waals surface area contributed by atoms with Crippen molar-refractivity contribution in [3.63, 3.8) is 0 Å². The molecule has 148 valence electrons. The number of benzene rings is 1. The Morgan fingerprint density at radius 1 is 1.37 bits per heavy atom. The van der Waals surface area contributed by atoms with Gasteiger partial charge in [0.15, 0.2) is 0 Å². The zero-order valence-corrected chi connectivity index (χ0v) is 16.6. The van der Waals surface area contributed by atoms with E-state index in [4.69, 9.17) is 4.74 Å². The van der Waals surface area contributed by atoms with E-state index in [-0.39, 0.29) is 29.8 Å². The summed E-state index contributed by atoms with van der Waals surface area (Å²) in [5.74, 6) is 0.752. The van der Waals surface area contributed by atoms with E-state index in [1.165, 1.54) is 0 Å². The third kappa shape index (κ3) is 4.10. The normalized spacial score (nSPS) is 24.2. The fourth-order valence-corrected chi connectivity index (χ4v) is 4.32.